The van der Waals surface area contributed by atoms with E-state index in [1.54, 1.807) is 24.3 Å². The normalized spacial score (nSPS) is 15.4. The first-order valence-electron chi connectivity index (χ1n) is 8.56. The van der Waals surface area contributed by atoms with E-state index in [0.717, 1.165) is 32.4 Å². The van der Waals surface area contributed by atoms with Gasteiger partial charge in [-0.15, -0.1) is 11.8 Å². The van der Waals surface area contributed by atoms with Crippen molar-refractivity contribution in [1.82, 2.24) is 4.90 Å². The van der Waals surface area contributed by atoms with Crippen LogP contribution in [0, 0.1) is 0 Å². The van der Waals surface area contributed by atoms with Gasteiger partial charge in [0.05, 0.1) is 17.6 Å². The van der Waals surface area contributed by atoms with Gasteiger partial charge >= 0.3 is 0 Å². The monoisotopic (exact) mass is 384 g/mol. The predicted molar refractivity (Wildman–Crippen MR) is 102 cm³/mol. The summed E-state index contributed by atoms with van der Waals surface area (Å²) in [5, 5.41) is 0.606. The van der Waals surface area contributed by atoms with Crippen LogP contribution in [0.4, 0.5) is 0 Å². The zero-order chi connectivity index (χ0) is 18.1. The summed E-state index contributed by atoms with van der Waals surface area (Å²) in [5.41, 5.74) is 6.08. The number of nitrogens with two attached hydrogens (primary N) is 1. The summed E-state index contributed by atoms with van der Waals surface area (Å²) in [6, 6.07) is 6.82. The predicted octanol–water partition coefficient (Wildman–Crippen LogP) is 2.61. The van der Waals surface area contributed by atoms with Gasteiger partial charge in [0.1, 0.15) is 0 Å². The Kier molecular flexibility index (Phi) is 8.75. The first-order valence-corrected chi connectivity index (χ1v) is 10.1. The van der Waals surface area contributed by atoms with E-state index < -0.39 is 0 Å². The van der Waals surface area contributed by atoms with Crippen LogP contribution in [0.3, 0.4) is 0 Å². The van der Waals surface area contributed by atoms with Crippen molar-refractivity contribution >= 4 is 35.1 Å². The van der Waals surface area contributed by atoms with E-state index in [9.17, 15) is 9.59 Å². The zero-order valence-electron chi connectivity index (χ0n) is 14.3. The molecule has 138 valence electrons. The van der Waals surface area contributed by atoms with Crippen LogP contribution < -0.4 is 5.73 Å². The standard InChI is InChI=1S/C18H25ClN2O3S/c19-15-4-2-14(3-5-15)17(22)12-25-13-18(23)21-9-6-16(7-10-21)24-11-1-8-20/h2-5,16H,1,6-13,20H2. The van der Waals surface area contributed by atoms with E-state index in [1.807, 2.05) is 4.90 Å². The van der Waals surface area contributed by atoms with E-state index in [-0.39, 0.29) is 17.8 Å². The van der Waals surface area contributed by atoms with Crippen LogP contribution in [0.5, 0.6) is 0 Å². The maximum atomic E-state index is 12.2. The van der Waals surface area contributed by atoms with E-state index in [4.69, 9.17) is 22.1 Å². The summed E-state index contributed by atoms with van der Waals surface area (Å²) >= 11 is 7.17. The highest BCUT2D eigenvalue weighted by atomic mass is 35.5. The van der Waals surface area contributed by atoms with Crippen molar-refractivity contribution < 1.29 is 14.3 Å². The number of hydrogen-bond donors (Lipinski definition) is 1. The summed E-state index contributed by atoms with van der Waals surface area (Å²) in [4.78, 5) is 26.2. The lowest BCUT2D eigenvalue weighted by molar-refractivity contribution is -0.130. The van der Waals surface area contributed by atoms with E-state index in [0.29, 0.717) is 35.2 Å². The molecule has 25 heavy (non-hydrogen) atoms. The summed E-state index contributed by atoms with van der Waals surface area (Å²) in [6.07, 6.45) is 2.84. The Morgan fingerprint density at radius 3 is 2.52 bits per heavy atom. The Morgan fingerprint density at radius 1 is 1.20 bits per heavy atom. The second-order valence-corrected chi connectivity index (χ2v) is 7.44. The van der Waals surface area contributed by atoms with Crippen molar-refractivity contribution in [3.63, 3.8) is 0 Å². The van der Waals surface area contributed by atoms with Gasteiger partial charge in [0, 0.05) is 30.3 Å². The zero-order valence-corrected chi connectivity index (χ0v) is 15.9. The number of Topliss-reactive ketones (excluding diaryl/α,β-unsaturated/α-hetero) is 1. The Labute approximate surface area is 158 Å². The number of benzene rings is 1. The van der Waals surface area contributed by atoms with Gasteiger partial charge in [-0.1, -0.05) is 11.6 Å². The first-order chi connectivity index (χ1) is 12.1. The molecule has 2 N–H and O–H groups in total. The third-order valence-corrected chi connectivity index (χ3v) is 5.29. The highest BCUT2D eigenvalue weighted by Crippen LogP contribution is 2.16. The molecule has 0 atom stereocenters. The van der Waals surface area contributed by atoms with Gasteiger partial charge < -0.3 is 15.4 Å². The minimum absolute atomic E-state index is 0.0153. The molecule has 1 saturated heterocycles. The molecule has 1 amide bonds. The third-order valence-electron chi connectivity index (χ3n) is 4.12. The molecule has 0 spiro atoms. The van der Waals surface area contributed by atoms with Crippen molar-refractivity contribution in [2.24, 2.45) is 5.73 Å². The molecular formula is C18H25ClN2O3S. The average Bonchev–Trinajstić information content (AvgIpc) is 2.63. The van der Waals surface area contributed by atoms with E-state index in [2.05, 4.69) is 0 Å². The Hall–Kier alpha value is -1.08. The van der Waals surface area contributed by atoms with Crippen molar-refractivity contribution in [1.29, 1.82) is 0 Å². The maximum absolute atomic E-state index is 12.2. The first kappa shape index (κ1) is 20.2. The molecule has 0 bridgehead atoms. The smallest absolute Gasteiger partial charge is 0.232 e. The van der Waals surface area contributed by atoms with Crippen LogP contribution >= 0.6 is 23.4 Å². The van der Waals surface area contributed by atoms with Crippen molar-refractivity contribution in [3.8, 4) is 0 Å². The Balaban J connectivity index is 1.64. The number of carbonyl (C=O) groups excluding carboxylic acids is 2. The second kappa shape index (κ2) is 10.8. The molecule has 0 saturated carbocycles. The molecule has 0 unspecified atom stereocenters. The number of thioether (sulfide) groups is 1. The number of amides is 1. The number of ketones is 1. The number of ether oxygens (including phenoxy) is 1. The van der Waals surface area contributed by atoms with Crippen LogP contribution in [-0.4, -0.2) is 60.4 Å². The highest BCUT2D eigenvalue weighted by molar-refractivity contribution is 8.00. The molecule has 1 aromatic carbocycles. The fourth-order valence-corrected chi connectivity index (χ4v) is 3.58. The maximum Gasteiger partial charge on any atom is 0.232 e. The number of piperidine rings is 1. The van der Waals surface area contributed by atoms with Crippen molar-refractivity contribution in [2.75, 3.05) is 37.7 Å². The summed E-state index contributed by atoms with van der Waals surface area (Å²) in [6.45, 7) is 2.77. The second-order valence-electron chi connectivity index (χ2n) is 6.02. The van der Waals surface area contributed by atoms with Crippen LogP contribution in [0.15, 0.2) is 24.3 Å². The lowest BCUT2D eigenvalue weighted by Gasteiger charge is -2.32. The topological polar surface area (TPSA) is 72.6 Å². The number of likely N-dealkylation sites (tertiary alicyclic amines) is 1. The highest BCUT2D eigenvalue weighted by Gasteiger charge is 2.23. The van der Waals surface area contributed by atoms with Crippen LogP contribution in [-0.2, 0) is 9.53 Å². The minimum atomic E-state index is 0.0153. The average molecular weight is 385 g/mol. The van der Waals surface area contributed by atoms with E-state index in [1.165, 1.54) is 11.8 Å². The lowest BCUT2D eigenvalue weighted by Crippen LogP contribution is -2.42. The number of rotatable bonds is 9. The summed E-state index contributed by atoms with van der Waals surface area (Å²) in [5.74, 6) is 0.736. The largest absolute Gasteiger partial charge is 0.378 e. The van der Waals surface area contributed by atoms with Gasteiger partial charge in [0.25, 0.3) is 0 Å². The molecule has 5 nitrogen and oxygen atoms in total. The fourth-order valence-electron chi connectivity index (χ4n) is 2.65. The minimum Gasteiger partial charge on any atom is -0.378 e. The number of nitrogens with zero attached hydrogens (tertiary/aromatic N) is 1. The Morgan fingerprint density at radius 2 is 1.88 bits per heavy atom. The SMILES string of the molecule is NCCCOC1CCN(C(=O)CSCC(=O)c2ccc(Cl)cc2)CC1. The van der Waals surface area contributed by atoms with Crippen molar-refractivity contribution in [2.45, 2.75) is 25.4 Å². The molecule has 1 fully saturated rings. The molecule has 0 radical (unpaired) electrons. The number of carbonyl (C=O) groups is 2. The molecule has 1 aromatic rings. The van der Waals surface area contributed by atoms with Crippen LogP contribution in [0.2, 0.25) is 5.02 Å². The van der Waals surface area contributed by atoms with Crippen LogP contribution in [0.1, 0.15) is 29.6 Å². The van der Waals surface area contributed by atoms with Gasteiger partial charge in [0.2, 0.25) is 5.91 Å². The van der Waals surface area contributed by atoms with Gasteiger partial charge in [-0.2, -0.15) is 0 Å². The molecule has 1 aliphatic rings. The quantitative estimate of drug-likeness (QED) is 0.523. The van der Waals surface area contributed by atoms with Gasteiger partial charge in [-0.05, 0) is 50.1 Å². The molecule has 0 aliphatic carbocycles. The molecule has 1 heterocycles. The number of halogens is 1. The van der Waals surface area contributed by atoms with Gasteiger partial charge in [0.15, 0.2) is 5.78 Å². The summed E-state index contributed by atoms with van der Waals surface area (Å²) < 4.78 is 5.74. The molecule has 7 heteroatoms. The van der Waals surface area contributed by atoms with Gasteiger partial charge in [-0.25, -0.2) is 0 Å². The van der Waals surface area contributed by atoms with E-state index >= 15 is 0 Å². The molecular weight excluding hydrogens is 360 g/mol. The van der Waals surface area contributed by atoms with Crippen molar-refractivity contribution in [3.05, 3.63) is 34.9 Å². The molecule has 0 aromatic heterocycles. The Bertz CT molecular complexity index is 560. The molecule has 1 aliphatic heterocycles. The van der Waals surface area contributed by atoms with Gasteiger partial charge in [-0.3, -0.25) is 9.59 Å². The fraction of sp³-hybridized carbons (Fsp3) is 0.556. The molecule has 2 rings (SSSR count). The number of hydrogen-bond acceptors (Lipinski definition) is 5. The lowest BCUT2D eigenvalue weighted by atomic mass is 10.1. The third kappa shape index (κ3) is 6.98. The summed E-state index contributed by atoms with van der Waals surface area (Å²) in [7, 11) is 0. The van der Waals surface area contributed by atoms with Crippen LogP contribution in [0.25, 0.3) is 0 Å².